The normalized spacial score (nSPS) is 11.8. The van der Waals surface area contributed by atoms with Gasteiger partial charge in [0, 0.05) is 6.42 Å². The Morgan fingerprint density at radius 3 is 2.38 bits per heavy atom. The molecule has 0 unspecified atom stereocenters. The first-order chi connectivity index (χ1) is 5.88. The van der Waals surface area contributed by atoms with Crippen LogP contribution in [0.1, 0.15) is 5.69 Å². The van der Waals surface area contributed by atoms with Crippen LogP contribution in [0.4, 0.5) is 0 Å². The van der Waals surface area contributed by atoms with Crippen molar-refractivity contribution < 1.29 is 13.5 Å². The van der Waals surface area contributed by atoms with Gasteiger partial charge in [-0.3, -0.25) is 4.98 Å². The van der Waals surface area contributed by atoms with Crippen LogP contribution < -0.4 is 10.8 Å². The first-order valence-corrected chi connectivity index (χ1v) is 5.10. The zero-order valence-electron chi connectivity index (χ0n) is 6.57. The molecule has 0 bridgehead atoms. The van der Waals surface area contributed by atoms with Gasteiger partial charge in [-0.25, -0.2) is 18.4 Å². The van der Waals surface area contributed by atoms with E-state index in [9.17, 15) is 13.2 Å². The van der Waals surface area contributed by atoms with Crippen LogP contribution in [0.2, 0.25) is 0 Å². The summed E-state index contributed by atoms with van der Waals surface area (Å²) in [5.41, 5.74) is -0.444. The lowest BCUT2D eigenvalue weighted by molar-refractivity contribution is 0.449. The lowest BCUT2D eigenvalue weighted by atomic mass is 10.4. The minimum absolute atomic E-state index is 0.0244. The van der Waals surface area contributed by atoms with Crippen LogP contribution in [-0.4, -0.2) is 29.2 Å². The fraction of sp³-hybridized carbons (Fsp3) is 0.400. The second-order valence-electron chi connectivity index (χ2n) is 2.52. The second kappa shape index (κ2) is 3.23. The molecule has 0 spiro atoms. The molecule has 5 N–H and O–H groups in total. The number of aryl methyl sites for hydroxylation is 1. The SMILES string of the molecule is NS(=O)(=O)CCc1[nH]c(=O)[nH]c1O. The van der Waals surface area contributed by atoms with Crippen LogP contribution in [0.5, 0.6) is 5.88 Å². The van der Waals surface area contributed by atoms with Gasteiger partial charge in [0.25, 0.3) is 0 Å². The van der Waals surface area contributed by atoms with Crippen molar-refractivity contribution in [3.63, 3.8) is 0 Å². The van der Waals surface area contributed by atoms with Gasteiger partial charge in [0.2, 0.25) is 15.9 Å². The highest BCUT2D eigenvalue weighted by Gasteiger charge is 2.09. The van der Waals surface area contributed by atoms with Crippen LogP contribution in [-0.2, 0) is 16.4 Å². The van der Waals surface area contributed by atoms with Gasteiger partial charge in [-0.2, -0.15) is 0 Å². The van der Waals surface area contributed by atoms with Crippen molar-refractivity contribution in [2.45, 2.75) is 6.42 Å². The topological polar surface area (TPSA) is 129 Å². The van der Waals surface area contributed by atoms with Crippen molar-refractivity contribution in [2.24, 2.45) is 5.14 Å². The van der Waals surface area contributed by atoms with Crippen LogP contribution in [0.25, 0.3) is 0 Å². The zero-order chi connectivity index (χ0) is 10.1. The number of hydrogen-bond acceptors (Lipinski definition) is 4. The average Bonchev–Trinajstić information content (AvgIpc) is 2.24. The number of nitrogens with one attached hydrogen (secondary N) is 2. The molecule has 0 aromatic carbocycles. The molecule has 0 atom stereocenters. The van der Waals surface area contributed by atoms with E-state index in [0.717, 1.165) is 0 Å². The van der Waals surface area contributed by atoms with Crippen molar-refractivity contribution in [1.29, 1.82) is 0 Å². The smallest absolute Gasteiger partial charge is 0.325 e. The molecule has 0 saturated carbocycles. The van der Waals surface area contributed by atoms with Crippen molar-refractivity contribution in [3.8, 4) is 5.88 Å². The minimum Gasteiger partial charge on any atom is -0.493 e. The molecular formula is C5H9N3O4S. The largest absolute Gasteiger partial charge is 0.493 e. The van der Waals surface area contributed by atoms with Crippen molar-refractivity contribution in [3.05, 3.63) is 16.2 Å². The van der Waals surface area contributed by atoms with E-state index in [4.69, 9.17) is 10.2 Å². The van der Waals surface area contributed by atoms with E-state index in [1.54, 1.807) is 0 Å². The summed E-state index contributed by atoms with van der Waals surface area (Å²) in [5.74, 6) is -0.678. The van der Waals surface area contributed by atoms with E-state index >= 15 is 0 Å². The molecule has 1 aromatic rings. The Labute approximate surface area is 73.6 Å². The number of rotatable bonds is 3. The standard InChI is InChI=1S/C5H9N3O4S/c6-13(11,12)2-1-3-4(9)8-5(10)7-3/h9H,1-2H2,(H2,6,11,12)(H2,7,8,10). The summed E-state index contributed by atoms with van der Waals surface area (Å²) in [6.07, 6.45) is -0.0244. The van der Waals surface area contributed by atoms with E-state index in [1.807, 2.05) is 0 Å². The fourth-order valence-electron chi connectivity index (χ4n) is 0.836. The summed E-state index contributed by atoms with van der Waals surface area (Å²) in [5, 5.41) is 13.7. The van der Waals surface area contributed by atoms with Gasteiger partial charge in [0.15, 0.2) is 0 Å². The summed E-state index contributed by atoms with van der Waals surface area (Å²) in [6, 6.07) is 0. The van der Waals surface area contributed by atoms with E-state index < -0.39 is 15.7 Å². The number of imidazole rings is 1. The Morgan fingerprint density at radius 2 is 2.00 bits per heavy atom. The maximum atomic E-state index is 10.6. The Morgan fingerprint density at radius 1 is 1.38 bits per heavy atom. The lowest BCUT2D eigenvalue weighted by Crippen LogP contribution is -2.18. The molecule has 7 nitrogen and oxygen atoms in total. The highest BCUT2D eigenvalue weighted by atomic mass is 32.2. The molecule has 1 aromatic heterocycles. The molecule has 13 heavy (non-hydrogen) atoms. The molecule has 1 heterocycles. The van der Waals surface area contributed by atoms with Crippen LogP contribution in [0, 0.1) is 0 Å². The highest BCUT2D eigenvalue weighted by Crippen LogP contribution is 2.07. The quantitative estimate of drug-likeness (QED) is 0.467. The predicted octanol–water partition coefficient (Wildman–Crippen LogP) is -1.76. The predicted molar refractivity (Wildman–Crippen MR) is 44.8 cm³/mol. The molecule has 0 aliphatic heterocycles. The maximum absolute atomic E-state index is 10.6. The maximum Gasteiger partial charge on any atom is 0.325 e. The zero-order valence-corrected chi connectivity index (χ0v) is 7.39. The van der Waals surface area contributed by atoms with Crippen molar-refractivity contribution >= 4 is 10.0 Å². The molecule has 74 valence electrons. The number of nitrogens with two attached hydrogens (primary N) is 1. The summed E-state index contributed by atoms with van der Waals surface area (Å²) in [4.78, 5) is 14.9. The number of aromatic amines is 2. The van der Waals surface area contributed by atoms with E-state index in [2.05, 4.69) is 9.97 Å². The molecule has 0 saturated heterocycles. The molecule has 0 aliphatic rings. The van der Waals surface area contributed by atoms with Crippen LogP contribution in [0.15, 0.2) is 4.79 Å². The number of aromatic nitrogens is 2. The van der Waals surface area contributed by atoms with E-state index in [-0.39, 0.29) is 23.7 Å². The van der Waals surface area contributed by atoms with E-state index in [1.165, 1.54) is 0 Å². The number of sulfonamides is 1. The third-order valence-corrected chi connectivity index (χ3v) is 2.19. The van der Waals surface area contributed by atoms with Crippen LogP contribution >= 0.6 is 0 Å². The number of hydrogen-bond donors (Lipinski definition) is 4. The van der Waals surface area contributed by atoms with Gasteiger partial charge in [0.1, 0.15) is 0 Å². The van der Waals surface area contributed by atoms with Gasteiger partial charge < -0.3 is 10.1 Å². The monoisotopic (exact) mass is 207 g/mol. The molecule has 8 heteroatoms. The van der Waals surface area contributed by atoms with Gasteiger partial charge >= 0.3 is 5.69 Å². The van der Waals surface area contributed by atoms with Gasteiger partial charge in [-0.15, -0.1) is 0 Å². The first kappa shape index (κ1) is 9.81. The highest BCUT2D eigenvalue weighted by molar-refractivity contribution is 7.89. The van der Waals surface area contributed by atoms with Gasteiger partial charge in [-0.1, -0.05) is 0 Å². The third kappa shape index (κ3) is 2.92. The Balaban J connectivity index is 2.76. The third-order valence-electron chi connectivity index (χ3n) is 1.42. The Kier molecular flexibility index (Phi) is 2.43. The second-order valence-corrected chi connectivity index (χ2v) is 4.26. The summed E-state index contributed by atoms with van der Waals surface area (Å²) in [6.45, 7) is 0. The van der Waals surface area contributed by atoms with E-state index in [0.29, 0.717) is 0 Å². The van der Waals surface area contributed by atoms with Gasteiger partial charge in [0.05, 0.1) is 11.4 Å². The Bertz CT molecular complexity index is 443. The van der Waals surface area contributed by atoms with Crippen molar-refractivity contribution in [2.75, 3.05) is 5.75 Å². The minimum atomic E-state index is -3.58. The number of aromatic hydroxyl groups is 1. The number of primary sulfonamides is 1. The van der Waals surface area contributed by atoms with Crippen molar-refractivity contribution in [1.82, 2.24) is 9.97 Å². The molecule has 0 radical (unpaired) electrons. The number of H-pyrrole nitrogens is 2. The van der Waals surface area contributed by atoms with Crippen LogP contribution in [0.3, 0.4) is 0 Å². The molecule has 1 rings (SSSR count). The summed E-state index contributed by atoms with van der Waals surface area (Å²) >= 11 is 0. The molecule has 0 amide bonds. The van der Waals surface area contributed by atoms with Gasteiger partial charge in [-0.05, 0) is 0 Å². The summed E-state index contributed by atoms with van der Waals surface area (Å²) in [7, 11) is -3.58. The summed E-state index contributed by atoms with van der Waals surface area (Å²) < 4.78 is 21.0. The first-order valence-electron chi connectivity index (χ1n) is 3.39. The molecule has 0 fully saturated rings. The Hall–Kier alpha value is -1.28. The molecule has 0 aliphatic carbocycles. The lowest BCUT2D eigenvalue weighted by Gasteiger charge is -1.95. The fourth-order valence-corrected chi connectivity index (χ4v) is 1.32. The molecular weight excluding hydrogens is 198 g/mol. The average molecular weight is 207 g/mol.